The maximum absolute atomic E-state index is 13.3. The standard InChI is InChI=1S/C19H22FN5O.C3H7N.C3H8.2C2H6/c1-3-4-5-15(21-2)8-6-13-7-9-16(22-11-13)18-24-19(26-25-18)17-10-14(20)12-23-17;1-2-3-4;1-3-2;2*1-2/h4-5,7,9,11,14,17,19,23H,3,10,12H2,1-2H3,(H,24,25);2-3H,4H2,1H3;3H2,1-2H3;2*1-2H3/b5-4-,21-15?;3-2-;;;. The summed E-state index contributed by atoms with van der Waals surface area (Å²) < 4.78 is 13.3. The van der Waals surface area contributed by atoms with Gasteiger partial charge in [0.15, 0.2) is 12.1 Å². The molecule has 1 fully saturated rings. The number of aromatic nitrogens is 1. The number of amidine groups is 1. The zero-order valence-electron chi connectivity index (χ0n) is 24.3. The van der Waals surface area contributed by atoms with Crippen LogP contribution in [0.4, 0.5) is 4.39 Å². The molecule has 1 aromatic rings. The van der Waals surface area contributed by atoms with E-state index in [1.165, 1.54) is 12.6 Å². The van der Waals surface area contributed by atoms with Gasteiger partial charge in [-0.05, 0) is 50.1 Å². The summed E-state index contributed by atoms with van der Waals surface area (Å²) in [6.45, 7) is 16.5. The minimum Gasteiger partial charge on any atom is -0.405 e. The maximum atomic E-state index is 13.3. The molecule has 3 heterocycles. The minimum absolute atomic E-state index is 0.122. The van der Waals surface area contributed by atoms with E-state index in [0.717, 1.165) is 17.7 Å². The third-order valence-corrected chi connectivity index (χ3v) is 4.27. The first-order valence-corrected chi connectivity index (χ1v) is 13.3. The van der Waals surface area contributed by atoms with Crippen LogP contribution in [0.25, 0.3) is 0 Å². The topological polar surface area (TPSA) is 96.9 Å². The Labute approximate surface area is 225 Å². The van der Waals surface area contributed by atoms with Gasteiger partial charge in [-0.2, -0.15) is 0 Å². The van der Waals surface area contributed by atoms with E-state index in [9.17, 15) is 4.39 Å². The second kappa shape index (κ2) is 24.7. The van der Waals surface area contributed by atoms with Crippen molar-refractivity contribution in [2.75, 3.05) is 13.6 Å². The molecular formula is C29H49FN6O. The Morgan fingerprint density at radius 2 is 1.89 bits per heavy atom. The van der Waals surface area contributed by atoms with Gasteiger partial charge in [-0.1, -0.05) is 73.0 Å². The van der Waals surface area contributed by atoms with E-state index >= 15 is 0 Å². The molecule has 0 bridgehead atoms. The van der Waals surface area contributed by atoms with E-state index in [2.05, 4.69) is 58.4 Å². The van der Waals surface area contributed by atoms with Crippen molar-refractivity contribution >= 4 is 11.5 Å². The molecule has 0 aromatic carbocycles. The number of hydroxylamine groups is 1. The molecule has 3 unspecified atom stereocenters. The first-order chi connectivity index (χ1) is 18.0. The summed E-state index contributed by atoms with van der Waals surface area (Å²) in [4.78, 5) is 18.4. The molecule has 0 radical (unpaired) electrons. The van der Waals surface area contributed by atoms with Crippen LogP contribution < -0.4 is 16.5 Å². The lowest BCUT2D eigenvalue weighted by Crippen LogP contribution is -2.35. The SMILES string of the molecule is C/C=C\N.CC.CC.CC/C=C\C(C#Cc1ccc(C2=NC(C3CC(F)CN3)ON2)nc1)=NC.CCC. The third kappa shape index (κ3) is 15.6. The van der Waals surface area contributed by atoms with Crippen LogP contribution >= 0.6 is 0 Å². The predicted octanol–water partition coefficient (Wildman–Crippen LogP) is 5.73. The van der Waals surface area contributed by atoms with Gasteiger partial charge in [0, 0.05) is 25.4 Å². The van der Waals surface area contributed by atoms with E-state index in [0.29, 0.717) is 24.5 Å². The summed E-state index contributed by atoms with van der Waals surface area (Å²) in [5.41, 5.74) is 9.79. The fourth-order valence-electron chi connectivity index (χ4n) is 2.67. The molecule has 4 N–H and O–H groups in total. The lowest BCUT2D eigenvalue weighted by Gasteiger charge is -2.13. The molecule has 7 nitrogen and oxygen atoms in total. The van der Waals surface area contributed by atoms with Gasteiger partial charge < -0.3 is 11.1 Å². The third-order valence-electron chi connectivity index (χ3n) is 4.27. The lowest BCUT2D eigenvalue weighted by molar-refractivity contribution is 0.0174. The number of nitrogens with one attached hydrogen (secondary N) is 2. The predicted molar refractivity (Wildman–Crippen MR) is 157 cm³/mol. The summed E-state index contributed by atoms with van der Waals surface area (Å²) >= 11 is 0. The highest BCUT2D eigenvalue weighted by atomic mass is 19.1. The number of rotatable bonds is 4. The molecule has 0 amide bonds. The molecule has 3 rings (SSSR count). The minimum atomic E-state index is -0.845. The molecule has 0 aliphatic carbocycles. The van der Waals surface area contributed by atoms with E-state index in [1.807, 2.05) is 58.9 Å². The number of pyridine rings is 1. The highest BCUT2D eigenvalue weighted by Crippen LogP contribution is 2.19. The summed E-state index contributed by atoms with van der Waals surface area (Å²) in [5, 5.41) is 3.07. The normalized spacial score (nSPS) is 19.9. The van der Waals surface area contributed by atoms with Gasteiger partial charge in [0.25, 0.3) is 0 Å². The van der Waals surface area contributed by atoms with Crippen LogP contribution in [0.2, 0.25) is 0 Å². The van der Waals surface area contributed by atoms with Crippen LogP contribution in [0.3, 0.4) is 0 Å². The monoisotopic (exact) mass is 516 g/mol. The first-order valence-electron chi connectivity index (χ1n) is 13.3. The molecule has 3 atom stereocenters. The molecule has 1 saturated heterocycles. The van der Waals surface area contributed by atoms with Crippen molar-refractivity contribution < 1.29 is 9.23 Å². The Morgan fingerprint density at radius 3 is 2.35 bits per heavy atom. The van der Waals surface area contributed by atoms with Gasteiger partial charge in [-0.15, -0.1) is 0 Å². The second-order valence-corrected chi connectivity index (χ2v) is 7.27. The van der Waals surface area contributed by atoms with Crippen molar-refractivity contribution in [1.82, 2.24) is 15.8 Å². The van der Waals surface area contributed by atoms with Crippen LogP contribution in [0.1, 0.15) is 85.9 Å². The van der Waals surface area contributed by atoms with Gasteiger partial charge in [0.2, 0.25) is 0 Å². The number of nitrogens with two attached hydrogens (primary N) is 1. The maximum Gasteiger partial charge on any atom is 0.192 e. The highest BCUT2D eigenvalue weighted by Gasteiger charge is 2.34. The van der Waals surface area contributed by atoms with Crippen LogP contribution in [-0.2, 0) is 4.84 Å². The van der Waals surface area contributed by atoms with Crippen LogP contribution in [0.15, 0.2) is 52.7 Å². The fourth-order valence-corrected chi connectivity index (χ4v) is 2.67. The molecule has 8 heteroatoms. The summed E-state index contributed by atoms with van der Waals surface area (Å²) in [7, 11) is 1.72. The number of allylic oxidation sites excluding steroid dienone is 3. The summed E-state index contributed by atoms with van der Waals surface area (Å²) in [6.07, 6.45) is 10.2. The van der Waals surface area contributed by atoms with Crippen molar-refractivity contribution in [2.45, 2.75) is 93.1 Å². The van der Waals surface area contributed by atoms with Crippen LogP contribution in [0, 0.1) is 11.8 Å². The van der Waals surface area contributed by atoms with Crippen molar-refractivity contribution in [3.8, 4) is 11.8 Å². The molecule has 0 spiro atoms. The average Bonchev–Trinajstić information content (AvgIpc) is 3.61. The number of hydrogen-bond acceptors (Lipinski definition) is 7. The summed E-state index contributed by atoms with van der Waals surface area (Å²) in [6, 6.07) is 3.57. The highest BCUT2D eigenvalue weighted by molar-refractivity contribution is 6.09. The zero-order valence-corrected chi connectivity index (χ0v) is 24.3. The van der Waals surface area contributed by atoms with E-state index in [1.54, 1.807) is 19.3 Å². The number of hydrogen-bond donors (Lipinski definition) is 3. The quantitative estimate of drug-likeness (QED) is 0.351. The zero-order chi connectivity index (χ0) is 28.5. The lowest BCUT2D eigenvalue weighted by atomic mass is 10.2. The Bertz CT molecular complexity index is 865. The van der Waals surface area contributed by atoms with Gasteiger partial charge in [0.05, 0.1) is 6.04 Å². The Kier molecular flexibility index (Phi) is 24.1. The van der Waals surface area contributed by atoms with E-state index < -0.39 is 12.4 Å². The average molecular weight is 517 g/mol. The van der Waals surface area contributed by atoms with Gasteiger partial charge in [0.1, 0.15) is 17.6 Å². The second-order valence-electron chi connectivity index (χ2n) is 7.27. The Balaban J connectivity index is 0. The number of aliphatic imine (C=N–C) groups is 2. The Hall–Kier alpha value is -3.02. The van der Waals surface area contributed by atoms with Crippen LogP contribution in [0.5, 0.6) is 0 Å². The van der Waals surface area contributed by atoms with E-state index in [-0.39, 0.29) is 6.04 Å². The number of alkyl halides is 1. The molecule has 37 heavy (non-hydrogen) atoms. The van der Waals surface area contributed by atoms with Crippen molar-refractivity contribution in [2.24, 2.45) is 15.7 Å². The number of nitrogens with zero attached hydrogens (tertiary/aromatic N) is 3. The van der Waals surface area contributed by atoms with Gasteiger partial charge in [-0.25, -0.2) is 19.7 Å². The first kappa shape index (κ1) is 36.1. The van der Waals surface area contributed by atoms with Crippen molar-refractivity contribution in [3.05, 3.63) is 54.0 Å². The molecule has 208 valence electrons. The smallest absolute Gasteiger partial charge is 0.192 e. The van der Waals surface area contributed by atoms with Crippen molar-refractivity contribution in [3.63, 3.8) is 0 Å². The Morgan fingerprint density at radius 1 is 1.24 bits per heavy atom. The van der Waals surface area contributed by atoms with Gasteiger partial charge >= 0.3 is 0 Å². The molecule has 2 aliphatic rings. The molecular weight excluding hydrogens is 467 g/mol. The molecule has 1 aromatic heterocycles. The molecule has 0 saturated carbocycles. The molecule has 2 aliphatic heterocycles. The largest absolute Gasteiger partial charge is 0.405 e. The van der Waals surface area contributed by atoms with Gasteiger partial charge in [-0.3, -0.25) is 9.98 Å². The number of halogens is 1. The summed E-state index contributed by atoms with van der Waals surface area (Å²) in [5.74, 6) is 6.60. The van der Waals surface area contributed by atoms with Crippen molar-refractivity contribution in [1.29, 1.82) is 0 Å². The fraction of sp³-hybridized carbons (Fsp3) is 0.552. The van der Waals surface area contributed by atoms with Crippen LogP contribution in [-0.4, -0.2) is 48.6 Å². The van der Waals surface area contributed by atoms with E-state index in [4.69, 9.17) is 10.6 Å².